The second-order valence-electron chi connectivity index (χ2n) is 4.14. The number of ether oxygens (including phenoxy) is 1. The Kier molecular flexibility index (Phi) is 4.94. The molecule has 0 aliphatic heterocycles. The number of carbonyl (C=O) groups excluding carboxylic acids is 2. The zero-order valence-electron chi connectivity index (χ0n) is 11.2. The van der Waals surface area contributed by atoms with Crippen LogP contribution in [-0.2, 0) is 4.79 Å². The van der Waals surface area contributed by atoms with Crippen LogP contribution in [0.4, 0.5) is 11.4 Å². The van der Waals surface area contributed by atoms with Crippen molar-refractivity contribution in [3.63, 3.8) is 0 Å². The van der Waals surface area contributed by atoms with Crippen LogP contribution in [0.5, 0.6) is 5.75 Å². The fraction of sp³-hybridized carbons (Fsp3) is 0.0667. The molecule has 21 heavy (non-hydrogen) atoms. The van der Waals surface area contributed by atoms with Crippen molar-refractivity contribution >= 4 is 39.6 Å². The third-order valence-corrected chi connectivity index (χ3v) is 3.45. The summed E-state index contributed by atoms with van der Waals surface area (Å²) >= 11 is 3.30. The number of rotatable bonds is 5. The molecule has 6 heteroatoms. The van der Waals surface area contributed by atoms with E-state index in [1.54, 1.807) is 49.6 Å². The van der Waals surface area contributed by atoms with Crippen molar-refractivity contribution < 1.29 is 14.3 Å². The van der Waals surface area contributed by atoms with Gasteiger partial charge in [0, 0.05) is 15.7 Å². The number of hydrogen-bond donors (Lipinski definition) is 2. The fourth-order valence-corrected chi connectivity index (χ4v) is 2.21. The van der Waals surface area contributed by atoms with Gasteiger partial charge in [-0.1, -0.05) is 0 Å². The summed E-state index contributed by atoms with van der Waals surface area (Å²) in [6, 6.07) is 12.0. The molecule has 0 saturated heterocycles. The Morgan fingerprint density at radius 2 is 1.90 bits per heavy atom. The molecule has 5 nitrogen and oxygen atoms in total. The zero-order valence-corrected chi connectivity index (χ0v) is 12.8. The van der Waals surface area contributed by atoms with Gasteiger partial charge in [0.25, 0.3) is 5.91 Å². The van der Waals surface area contributed by atoms with Crippen molar-refractivity contribution in [2.24, 2.45) is 0 Å². The monoisotopic (exact) mass is 348 g/mol. The van der Waals surface area contributed by atoms with Gasteiger partial charge in [-0.2, -0.15) is 0 Å². The Hall–Kier alpha value is -2.34. The molecule has 0 atom stereocenters. The van der Waals surface area contributed by atoms with E-state index in [1.807, 2.05) is 0 Å². The Balaban J connectivity index is 2.12. The lowest BCUT2D eigenvalue weighted by molar-refractivity contribution is -0.105. The highest BCUT2D eigenvalue weighted by atomic mass is 79.9. The van der Waals surface area contributed by atoms with Gasteiger partial charge in [0.1, 0.15) is 5.75 Å². The predicted octanol–water partition coefficient (Wildman–Crippen LogP) is 3.28. The van der Waals surface area contributed by atoms with Gasteiger partial charge in [0.2, 0.25) is 6.41 Å². The Labute approximate surface area is 130 Å². The maximum absolute atomic E-state index is 12.1. The highest BCUT2D eigenvalue weighted by Gasteiger charge is 2.09. The molecular weight excluding hydrogens is 336 g/mol. The van der Waals surface area contributed by atoms with E-state index in [2.05, 4.69) is 26.6 Å². The quantitative estimate of drug-likeness (QED) is 0.814. The first-order valence-corrected chi connectivity index (χ1v) is 6.88. The van der Waals surface area contributed by atoms with Crippen LogP contribution in [0.3, 0.4) is 0 Å². The lowest BCUT2D eigenvalue weighted by Gasteiger charge is -2.08. The van der Waals surface area contributed by atoms with Gasteiger partial charge >= 0.3 is 0 Å². The van der Waals surface area contributed by atoms with Gasteiger partial charge in [-0.3, -0.25) is 9.59 Å². The summed E-state index contributed by atoms with van der Waals surface area (Å²) in [4.78, 5) is 22.6. The number of benzene rings is 2. The molecule has 0 radical (unpaired) electrons. The predicted molar refractivity (Wildman–Crippen MR) is 84.8 cm³/mol. The molecule has 0 unspecified atom stereocenters. The smallest absolute Gasteiger partial charge is 0.255 e. The van der Waals surface area contributed by atoms with Gasteiger partial charge < -0.3 is 15.4 Å². The Morgan fingerprint density at radius 3 is 2.48 bits per heavy atom. The summed E-state index contributed by atoms with van der Waals surface area (Å²) in [7, 11) is 1.58. The molecule has 0 aliphatic rings. The van der Waals surface area contributed by atoms with Gasteiger partial charge in [0.05, 0.1) is 12.8 Å². The number of halogens is 1. The van der Waals surface area contributed by atoms with E-state index < -0.39 is 0 Å². The van der Waals surface area contributed by atoms with Crippen molar-refractivity contribution in [2.75, 3.05) is 17.7 Å². The van der Waals surface area contributed by atoms with Crippen LogP contribution in [0.1, 0.15) is 10.4 Å². The molecule has 0 aliphatic carbocycles. The summed E-state index contributed by atoms with van der Waals surface area (Å²) in [6.07, 6.45) is 0.581. The Morgan fingerprint density at radius 1 is 1.19 bits per heavy atom. The minimum Gasteiger partial charge on any atom is -0.497 e. The van der Waals surface area contributed by atoms with Crippen LogP contribution in [0.2, 0.25) is 0 Å². The van der Waals surface area contributed by atoms with E-state index in [-0.39, 0.29) is 5.91 Å². The molecule has 0 spiro atoms. The topological polar surface area (TPSA) is 67.4 Å². The number of amides is 2. The molecular formula is C15H13BrN2O3. The maximum atomic E-state index is 12.1. The van der Waals surface area contributed by atoms with Crippen LogP contribution >= 0.6 is 15.9 Å². The lowest BCUT2D eigenvalue weighted by Crippen LogP contribution is -2.12. The second kappa shape index (κ2) is 6.90. The normalized spacial score (nSPS) is 9.81. The van der Waals surface area contributed by atoms with Gasteiger partial charge in [0.15, 0.2) is 0 Å². The minimum atomic E-state index is -0.237. The minimum absolute atomic E-state index is 0.237. The summed E-state index contributed by atoms with van der Waals surface area (Å²) in [5.41, 5.74) is 1.76. The van der Waals surface area contributed by atoms with Crippen LogP contribution in [0.15, 0.2) is 46.9 Å². The Bertz CT molecular complexity index is 656. The third-order valence-electron chi connectivity index (χ3n) is 2.79. The number of anilines is 2. The summed E-state index contributed by atoms with van der Waals surface area (Å²) in [5.74, 6) is 0.485. The van der Waals surface area contributed by atoms with Crippen molar-refractivity contribution in [3.8, 4) is 5.75 Å². The SMILES string of the molecule is COc1ccc(NC(=O)c2ccc(NC=O)c(Br)c2)cc1. The van der Waals surface area contributed by atoms with E-state index in [9.17, 15) is 9.59 Å². The molecule has 2 aromatic carbocycles. The standard InChI is InChI=1S/C15H13BrN2O3/c1-21-12-5-3-11(4-6-12)18-15(20)10-2-7-14(17-9-19)13(16)8-10/h2-9H,1H3,(H,17,19)(H,18,20). The van der Waals surface area contributed by atoms with E-state index >= 15 is 0 Å². The maximum Gasteiger partial charge on any atom is 0.255 e. The van der Waals surface area contributed by atoms with E-state index in [4.69, 9.17) is 4.74 Å². The third kappa shape index (κ3) is 3.82. The summed E-state index contributed by atoms with van der Waals surface area (Å²) < 4.78 is 5.69. The van der Waals surface area contributed by atoms with Gasteiger partial charge in [-0.25, -0.2) is 0 Å². The first-order valence-electron chi connectivity index (χ1n) is 6.09. The molecule has 2 aromatic rings. The highest BCUT2D eigenvalue weighted by molar-refractivity contribution is 9.10. The molecule has 2 amide bonds. The first-order chi connectivity index (χ1) is 10.1. The molecule has 0 bridgehead atoms. The fourth-order valence-electron chi connectivity index (χ4n) is 1.71. The number of hydrogen-bond acceptors (Lipinski definition) is 3. The number of nitrogens with one attached hydrogen (secondary N) is 2. The van der Waals surface area contributed by atoms with E-state index in [0.29, 0.717) is 27.8 Å². The molecule has 2 rings (SSSR count). The van der Waals surface area contributed by atoms with Crippen LogP contribution < -0.4 is 15.4 Å². The number of methoxy groups -OCH3 is 1. The first kappa shape index (κ1) is 15.1. The van der Waals surface area contributed by atoms with Crippen molar-refractivity contribution in [3.05, 3.63) is 52.5 Å². The summed E-state index contributed by atoms with van der Waals surface area (Å²) in [6.45, 7) is 0. The number of carbonyl (C=O) groups is 2. The molecule has 2 N–H and O–H groups in total. The van der Waals surface area contributed by atoms with Crippen LogP contribution in [0, 0.1) is 0 Å². The van der Waals surface area contributed by atoms with Gasteiger partial charge in [-0.05, 0) is 58.4 Å². The van der Waals surface area contributed by atoms with E-state index in [1.165, 1.54) is 0 Å². The van der Waals surface area contributed by atoms with Crippen molar-refractivity contribution in [2.45, 2.75) is 0 Å². The average Bonchev–Trinajstić information content (AvgIpc) is 2.50. The molecule has 108 valence electrons. The van der Waals surface area contributed by atoms with Crippen LogP contribution in [-0.4, -0.2) is 19.4 Å². The molecule has 0 fully saturated rings. The van der Waals surface area contributed by atoms with Crippen molar-refractivity contribution in [1.82, 2.24) is 0 Å². The highest BCUT2D eigenvalue weighted by Crippen LogP contribution is 2.24. The van der Waals surface area contributed by atoms with E-state index in [0.717, 1.165) is 5.75 Å². The van der Waals surface area contributed by atoms with Gasteiger partial charge in [-0.15, -0.1) is 0 Å². The van der Waals surface area contributed by atoms with Crippen molar-refractivity contribution in [1.29, 1.82) is 0 Å². The largest absolute Gasteiger partial charge is 0.497 e. The molecule has 0 heterocycles. The second-order valence-corrected chi connectivity index (χ2v) is 4.99. The molecule has 0 aromatic heterocycles. The molecule has 0 saturated carbocycles. The summed E-state index contributed by atoms with van der Waals surface area (Å²) in [5, 5.41) is 5.31. The lowest BCUT2D eigenvalue weighted by atomic mass is 10.2. The zero-order chi connectivity index (χ0) is 15.2. The average molecular weight is 349 g/mol. The van der Waals surface area contributed by atoms with Crippen LogP contribution in [0.25, 0.3) is 0 Å².